The normalized spacial score (nSPS) is 12.9. The lowest BCUT2D eigenvalue weighted by Crippen LogP contribution is -2.23. The number of ketones is 1. The highest BCUT2D eigenvalue weighted by atomic mass is 35.5. The summed E-state index contributed by atoms with van der Waals surface area (Å²) in [5.41, 5.74) is 2.99. The average Bonchev–Trinajstić information content (AvgIpc) is 3.04. The first kappa shape index (κ1) is 21.0. The van der Waals surface area contributed by atoms with Gasteiger partial charge < -0.3 is 10.2 Å². The Hall–Kier alpha value is -2.70. The van der Waals surface area contributed by atoms with Gasteiger partial charge in [0.1, 0.15) is 28.6 Å². The number of nitrogens with zero attached hydrogens (tertiary/aromatic N) is 3. The number of hydrogen-bond acceptors (Lipinski definition) is 5. The summed E-state index contributed by atoms with van der Waals surface area (Å²) in [5.74, 6) is -0.540. The van der Waals surface area contributed by atoms with Crippen LogP contribution in [-0.4, -0.2) is 37.1 Å². The molecule has 3 aromatic rings. The third kappa shape index (κ3) is 4.33. The summed E-state index contributed by atoms with van der Waals surface area (Å²) in [6, 6.07) is 8.75. The zero-order valence-electron chi connectivity index (χ0n) is 16.9. The zero-order valence-corrected chi connectivity index (χ0v) is 17.7. The van der Waals surface area contributed by atoms with E-state index >= 15 is 0 Å². The number of aromatic nitrogens is 3. The van der Waals surface area contributed by atoms with Crippen LogP contribution in [0.2, 0.25) is 5.02 Å². The number of carbonyl (C=O) groups is 1. The molecule has 0 aliphatic carbocycles. The molecule has 0 fully saturated rings. The van der Waals surface area contributed by atoms with Gasteiger partial charge in [0.15, 0.2) is 5.78 Å². The Morgan fingerprint density at radius 3 is 2.48 bits per heavy atom. The highest BCUT2D eigenvalue weighted by molar-refractivity contribution is 6.31. The molecule has 0 aliphatic heterocycles. The van der Waals surface area contributed by atoms with Gasteiger partial charge in [-0.2, -0.15) is 0 Å². The Bertz CT molecular complexity index is 1110. The van der Waals surface area contributed by atoms with Crippen LogP contribution in [0.1, 0.15) is 38.8 Å². The van der Waals surface area contributed by atoms with E-state index in [4.69, 9.17) is 11.6 Å². The minimum Gasteiger partial charge on any atom is -0.505 e. The van der Waals surface area contributed by atoms with E-state index in [9.17, 15) is 15.0 Å². The lowest BCUT2D eigenvalue weighted by atomic mass is 9.84. The van der Waals surface area contributed by atoms with E-state index in [-0.39, 0.29) is 17.6 Å². The Labute approximate surface area is 174 Å². The topological polar surface area (TPSA) is 88.2 Å². The SMILES string of the molecule is C=C(C)C(O)C(=O)Cc1cc(C(C)(C)C)cc(-n2nc3ccc(Cl)cc3n2)c1O. The minimum absolute atomic E-state index is 0.105. The van der Waals surface area contributed by atoms with Crippen LogP contribution in [0.3, 0.4) is 0 Å². The van der Waals surface area contributed by atoms with E-state index in [0.29, 0.717) is 32.9 Å². The van der Waals surface area contributed by atoms with Crippen molar-refractivity contribution in [2.24, 2.45) is 0 Å². The lowest BCUT2D eigenvalue weighted by Gasteiger charge is -2.22. The van der Waals surface area contributed by atoms with Crippen LogP contribution >= 0.6 is 11.6 Å². The molecule has 0 saturated heterocycles. The molecule has 0 radical (unpaired) electrons. The number of Topliss-reactive ketones (excluding diaryl/α,β-unsaturated/α-hetero) is 1. The Morgan fingerprint density at radius 2 is 1.86 bits per heavy atom. The first-order chi connectivity index (χ1) is 13.5. The standard InChI is InChI=1S/C22H24ClN3O3/c1-12(2)20(28)19(27)9-13-8-14(22(3,4)5)10-18(21(13)29)26-24-16-7-6-15(23)11-17(16)25-26/h6-8,10-11,20,28-29H,1,9H2,2-5H3. The molecule has 6 nitrogen and oxygen atoms in total. The first-order valence-electron chi connectivity index (χ1n) is 9.23. The zero-order chi connectivity index (χ0) is 21.5. The largest absolute Gasteiger partial charge is 0.505 e. The van der Waals surface area contributed by atoms with E-state index in [1.54, 1.807) is 37.3 Å². The fourth-order valence-electron chi connectivity index (χ4n) is 2.95. The molecule has 0 amide bonds. The molecule has 0 aliphatic rings. The van der Waals surface area contributed by atoms with E-state index in [0.717, 1.165) is 5.56 Å². The van der Waals surface area contributed by atoms with Gasteiger partial charge in [0.2, 0.25) is 0 Å². The van der Waals surface area contributed by atoms with Crippen molar-refractivity contribution in [3.63, 3.8) is 0 Å². The van der Waals surface area contributed by atoms with Gasteiger partial charge in [0.05, 0.1) is 0 Å². The summed E-state index contributed by atoms with van der Waals surface area (Å²) in [6.07, 6.45) is -1.41. The third-order valence-corrected chi connectivity index (χ3v) is 4.96. The molecular weight excluding hydrogens is 390 g/mol. The number of benzene rings is 2. The van der Waals surface area contributed by atoms with Gasteiger partial charge in [0, 0.05) is 17.0 Å². The van der Waals surface area contributed by atoms with Crippen LogP contribution in [-0.2, 0) is 16.6 Å². The smallest absolute Gasteiger partial charge is 0.169 e. The molecule has 2 N–H and O–H groups in total. The number of phenolic OH excluding ortho intramolecular Hbond substituents is 1. The van der Waals surface area contributed by atoms with Crippen molar-refractivity contribution in [2.45, 2.75) is 45.6 Å². The third-order valence-electron chi connectivity index (χ3n) is 4.73. The van der Waals surface area contributed by atoms with Crippen molar-refractivity contribution in [3.8, 4) is 11.4 Å². The van der Waals surface area contributed by atoms with Crippen LogP contribution in [0.15, 0.2) is 42.5 Å². The molecule has 29 heavy (non-hydrogen) atoms. The second-order valence-electron chi connectivity index (χ2n) is 8.27. The summed E-state index contributed by atoms with van der Waals surface area (Å²) in [5, 5.41) is 30.3. The number of aromatic hydroxyl groups is 1. The fourth-order valence-corrected chi connectivity index (χ4v) is 3.12. The molecule has 1 aromatic heterocycles. The van der Waals surface area contributed by atoms with Crippen LogP contribution in [0.5, 0.6) is 5.75 Å². The van der Waals surface area contributed by atoms with E-state index in [1.807, 2.05) is 20.8 Å². The molecule has 1 unspecified atom stereocenters. The summed E-state index contributed by atoms with van der Waals surface area (Å²) >= 11 is 6.03. The van der Waals surface area contributed by atoms with Crippen molar-refractivity contribution in [1.29, 1.82) is 0 Å². The van der Waals surface area contributed by atoms with E-state index in [1.165, 1.54) is 4.80 Å². The quantitative estimate of drug-likeness (QED) is 0.614. The van der Waals surface area contributed by atoms with Crippen molar-refractivity contribution in [1.82, 2.24) is 15.0 Å². The number of hydrogen-bond donors (Lipinski definition) is 2. The second kappa shape index (κ2) is 7.61. The lowest BCUT2D eigenvalue weighted by molar-refractivity contribution is -0.124. The molecule has 3 rings (SSSR count). The van der Waals surface area contributed by atoms with Crippen LogP contribution in [0.4, 0.5) is 0 Å². The molecule has 0 bridgehead atoms. The van der Waals surface area contributed by atoms with Gasteiger partial charge in [-0.25, -0.2) is 0 Å². The number of aliphatic hydroxyl groups is 1. The Morgan fingerprint density at radius 1 is 1.21 bits per heavy atom. The maximum absolute atomic E-state index is 12.4. The number of carbonyl (C=O) groups excluding carboxylic acids is 1. The Kier molecular flexibility index (Phi) is 5.52. The van der Waals surface area contributed by atoms with Gasteiger partial charge in [-0.1, -0.05) is 45.0 Å². The van der Waals surface area contributed by atoms with Crippen LogP contribution in [0, 0.1) is 0 Å². The van der Waals surface area contributed by atoms with Gasteiger partial charge >= 0.3 is 0 Å². The molecule has 1 atom stereocenters. The number of aliphatic hydroxyl groups excluding tert-OH is 1. The summed E-state index contributed by atoms with van der Waals surface area (Å²) in [7, 11) is 0. The van der Waals surface area contributed by atoms with Gasteiger partial charge in [-0.05, 0) is 47.7 Å². The first-order valence-corrected chi connectivity index (χ1v) is 9.60. The monoisotopic (exact) mass is 413 g/mol. The van der Waals surface area contributed by atoms with Crippen molar-refractivity contribution < 1.29 is 15.0 Å². The molecular formula is C22H24ClN3O3. The number of rotatable bonds is 5. The summed E-state index contributed by atoms with van der Waals surface area (Å²) in [4.78, 5) is 13.8. The van der Waals surface area contributed by atoms with Crippen LogP contribution in [0.25, 0.3) is 16.7 Å². The molecule has 0 spiro atoms. The number of fused-ring (bicyclic) bond motifs is 1. The molecule has 7 heteroatoms. The van der Waals surface area contributed by atoms with E-state index in [2.05, 4.69) is 16.8 Å². The molecule has 2 aromatic carbocycles. The van der Waals surface area contributed by atoms with Gasteiger partial charge in [-0.15, -0.1) is 15.0 Å². The predicted octanol–water partition coefficient (Wildman–Crippen LogP) is 4.13. The molecule has 1 heterocycles. The second-order valence-corrected chi connectivity index (χ2v) is 8.70. The molecule has 152 valence electrons. The maximum atomic E-state index is 12.4. The summed E-state index contributed by atoms with van der Waals surface area (Å²) < 4.78 is 0. The Balaban J connectivity index is 2.15. The summed E-state index contributed by atoms with van der Waals surface area (Å²) in [6.45, 7) is 11.3. The molecule has 0 saturated carbocycles. The van der Waals surface area contributed by atoms with Gasteiger partial charge in [-0.3, -0.25) is 4.79 Å². The van der Waals surface area contributed by atoms with Gasteiger partial charge in [0.25, 0.3) is 0 Å². The van der Waals surface area contributed by atoms with Crippen molar-refractivity contribution in [3.05, 3.63) is 58.6 Å². The van der Waals surface area contributed by atoms with Crippen LogP contribution < -0.4 is 0 Å². The average molecular weight is 414 g/mol. The van der Waals surface area contributed by atoms with E-state index < -0.39 is 11.9 Å². The maximum Gasteiger partial charge on any atom is 0.169 e. The highest BCUT2D eigenvalue weighted by Crippen LogP contribution is 2.34. The van der Waals surface area contributed by atoms with Crippen molar-refractivity contribution in [2.75, 3.05) is 0 Å². The van der Waals surface area contributed by atoms with Crippen molar-refractivity contribution >= 4 is 28.4 Å². The minimum atomic E-state index is -1.27. The number of phenols is 1. The predicted molar refractivity (Wildman–Crippen MR) is 114 cm³/mol. The number of halogens is 1. The highest BCUT2D eigenvalue weighted by Gasteiger charge is 2.24. The fraction of sp³-hybridized carbons (Fsp3) is 0.318.